The fraction of sp³-hybridized carbons (Fsp3) is 0.609. The molecule has 0 radical (unpaired) electrons. The lowest BCUT2D eigenvalue weighted by Gasteiger charge is -2.36. The Hall–Kier alpha value is -1.97. The second-order valence-electron chi connectivity index (χ2n) is 8.91. The predicted octanol–water partition coefficient (Wildman–Crippen LogP) is 4.57. The van der Waals surface area contributed by atoms with E-state index in [1.165, 1.54) is 31.2 Å². The largest absolute Gasteiger partial charge is 0.495 e. The van der Waals surface area contributed by atoms with Crippen LogP contribution in [0, 0.1) is 5.92 Å². The number of anilines is 1. The number of ketones is 1. The van der Waals surface area contributed by atoms with Crippen molar-refractivity contribution in [3.63, 3.8) is 0 Å². The molecule has 1 aromatic rings. The topological polar surface area (TPSA) is 41.6 Å². The molecule has 0 amide bonds. The number of benzene rings is 1. The first-order chi connectivity index (χ1) is 12.8. The first-order valence-electron chi connectivity index (χ1n) is 10.2. The molecule has 0 bridgehead atoms. The van der Waals surface area contributed by atoms with Crippen molar-refractivity contribution in [2.45, 2.75) is 64.3 Å². The number of hydrogen-bond acceptors (Lipinski definition) is 4. The highest BCUT2D eigenvalue weighted by molar-refractivity contribution is 5.99. The highest BCUT2D eigenvalue weighted by Crippen LogP contribution is 2.38. The number of methoxy groups -OCH3 is 1. The first kappa shape index (κ1) is 19.8. The molecule has 1 heterocycles. The molecular weight excluding hydrogens is 336 g/mol. The van der Waals surface area contributed by atoms with Crippen LogP contribution in [0.2, 0.25) is 0 Å². The van der Waals surface area contributed by atoms with Gasteiger partial charge in [0.1, 0.15) is 5.75 Å². The van der Waals surface area contributed by atoms with Crippen LogP contribution < -0.4 is 15.0 Å². The van der Waals surface area contributed by atoms with Crippen LogP contribution in [0.15, 0.2) is 18.2 Å². The Labute approximate surface area is 164 Å². The van der Waals surface area contributed by atoms with E-state index in [4.69, 9.17) is 4.74 Å². The van der Waals surface area contributed by atoms with Gasteiger partial charge in [-0.25, -0.2) is 0 Å². The summed E-state index contributed by atoms with van der Waals surface area (Å²) in [7, 11) is 5.75. The molecule has 0 spiro atoms. The molecular formula is C23H34N2O2. The number of hydrogen-bond donors (Lipinski definition) is 1. The van der Waals surface area contributed by atoms with Gasteiger partial charge in [-0.1, -0.05) is 25.7 Å². The Bertz CT molecular complexity index is 726. The van der Waals surface area contributed by atoms with E-state index in [-0.39, 0.29) is 17.2 Å². The summed E-state index contributed by atoms with van der Waals surface area (Å²) in [6.45, 7) is 4.37. The van der Waals surface area contributed by atoms with E-state index in [1.54, 1.807) is 7.11 Å². The molecule has 1 saturated carbocycles. The highest BCUT2D eigenvalue weighted by atomic mass is 16.5. The quantitative estimate of drug-likeness (QED) is 0.623. The van der Waals surface area contributed by atoms with Gasteiger partial charge in [0, 0.05) is 42.9 Å². The summed E-state index contributed by atoms with van der Waals surface area (Å²) in [4.78, 5) is 15.1. The lowest BCUT2D eigenvalue weighted by Crippen LogP contribution is -2.44. The zero-order chi connectivity index (χ0) is 19.6. The highest BCUT2D eigenvalue weighted by Gasteiger charge is 2.30. The molecule has 1 aliphatic heterocycles. The minimum atomic E-state index is -0.0901. The van der Waals surface area contributed by atoms with Crippen LogP contribution in [0.3, 0.4) is 0 Å². The van der Waals surface area contributed by atoms with Crippen molar-refractivity contribution in [2.24, 2.45) is 5.92 Å². The second kappa shape index (κ2) is 7.95. The van der Waals surface area contributed by atoms with Gasteiger partial charge in [-0.2, -0.15) is 0 Å². The molecule has 1 aromatic carbocycles. The van der Waals surface area contributed by atoms with Crippen LogP contribution in [0.4, 0.5) is 5.69 Å². The number of nitrogens with zero attached hydrogens (tertiary/aromatic N) is 1. The van der Waals surface area contributed by atoms with E-state index < -0.39 is 0 Å². The maximum absolute atomic E-state index is 13.0. The number of carbonyl (C=O) groups is 1. The third kappa shape index (κ3) is 4.48. The molecule has 1 aliphatic carbocycles. The lowest BCUT2D eigenvalue weighted by molar-refractivity contribution is -0.118. The van der Waals surface area contributed by atoms with E-state index in [9.17, 15) is 4.79 Å². The van der Waals surface area contributed by atoms with E-state index >= 15 is 0 Å². The van der Waals surface area contributed by atoms with Gasteiger partial charge in [0.15, 0.2) is 5.78 Å². The summed E-state index contributed by atoms with van der Waals surface area (Å²) in [5.74, 6) is 1.35. The molecule has 4 heteroatoms. The summed E-state index contributed by atoms with van der Waals surface area (Å²) in [6.07, 6.45) is 9.73. The van der Waals surface area contributed by atoms with Gasteiger partial charge in [0.05, 0.1) is 12.8 Å². The maximum Gasteiger partial charge on any atom is 0.160 e. The van der Waals surface area contributed by atoms with Crippen LogP contribution >= 0.6 is 0 Å². The predicted molar refractivity (Wildman–Crippen MR) is 112 cm³/mol. The minimum absolute atomic E-state index is 0.0901. The zero-order valence-electron chi connectivity index (χ0n) is 17.5. The molecule has 2 aliphatic rings. The Kier molecular flexibility index (Phi) is 5.83. The lowest BCUT2D eigenvalue weighted by atomic mass is 9.84. The standard InChI is InChI=1S/C23H34N2O2/c1-23(2)15-17-12-22(27-5)20(25(3)4)13-18(17)19(24-23)14-21(26)16-10-8-6-7-9-11-16/h12-14,16,24H,6-11,15H2,1-5H3/b19-14-. The van der Waals surface area contributed by atoms with Gasteiger partial charge in [-0.3, -0.25) is 4.79 Å². The van der Waals surface area contributed by atoms with Gasteiger partial charge in [-0.05, 0) is 50.8 Å². The van der Waals surface area contributed by atoms with Crippen LogP contribution in [0.25, 0.3) is 5.70 Å². The van der Waals surface area contributed by atoms with Crippen molar-refractivity contribution >= 4 is 17.2 Å². The van der Waals surface area contributed by atoms with Gasteiger partial charge < -0.3 is 15.0 Å². The van der Waals surface area contributed by atoms with E-state index in [0.717, 1.165) is 42.0 Å². The number of fused-ring (bicyclic) bond motifs is 1. The van der Waals surface area contributed by atoms with Crippen molar-refractivity contribution < 1.29 is 9.53 Å². The van der Waals surface area contributed by atoms with Crippen LogP contribution in [-0.2, 0) is 11.2 Å². The van der Waals surface area contributed by atoms with Crippen LogP contribution in [0.1, 0.15) is 63.5 Å². The number of allylic oxidation sites excluding steroid dienone is 1. The van der Waals surface area contributed by atoms with Crippen molar-refractivity contribution in [3.8, 4) is 5.75 Å². The minimum Gasteiger partial charge on any atom is -0.495 e. The normalized spacial score (nSPS) is 21.1. The number of ether oxygens (including phenoxy) is 1. The van der Waals surface area contributed by atoms with E-state index in [1.807, 2.05) is 20.2 Å². The van der Waals surface area contributed by atoms with Gasteiger partial charge >= 0.3 is 0 Å². The summed E-state index contributed by atoms with van der Waals surface area (Å²) in [6, 6.07) is 4.29. The molecule has 0 unspecified atom stereocenters. The Morgan fingerprint density at radius 3 is 2.44 bits per heavy atom. The van der Waals surface area contributed by atoms with E-state index in [2.05, 4.69) is 36.2 Å². The van der Waals surface area contributed by atoms with Gasteiger partial charge in [0.2, 0.25) is 0 Å². The number of carbonyl (C=O) groups excluding carboxylic acids is 1. The third-order valence-electron chi connectivity index (χ3n) is 5.83. The van der Waals surface area contributed by atoms with E-state index in [0.29, 0.717) is 0 Å². The second-order valence-corrected chi connectivity index (χ2v) is 8.91. The van der Waals surface area contributed by atoms with Gasteiger partial charge in [0.25, 0.3) is 0 Å². The first-order valence-corrected chi connectivity index (χ1v) is 10.2. The molecule has 0 saturated heterocycles. The fourth-order valence-corrected chi connectivity index (χ4v) is 4.41. The maximum atomic E-state index is 13.0. The van der Waals surface area contributed by atoms with Gasteiger partial charge in [-0.15, -0.1) is 0 Å². The third-order valence-corrected chi connectivity index (χ3v) is 5.83. The molecule has 1 fully saturated rings. The summed E-state index contributed by atoms with van der Waals surface area (Å²) in [5, 5.41) is 3.62. The molecule has 3 rings (SSSR count). The smallest absolute Gasteiger partial charge is 0.160 e. The number of rotatable bonds is 4. The molecule has 27 heavy (non-hydrogen) atoms. The molecule has 4 nitrogen and oxygen atoms in total. The fourth-order valence-electron chi connectivity index (χ4n) is 4.41. The molecule has 0 aromatic heterocycles. The van der Waals surface area contributed by atoms with Crippen molar-refractivity contribution in [3.05, 3.63) is 29.3 Å². The average Bonchev–Trinajstić information content (AvgIpc) is 2.89. The SMILES string of the molecule is COc1cc2c(cc1N(C)C)/C(=C/C(=O)C1CCCCCC1)NC(C)(C)C2. The Morgan fingerprint density at radius 2 is 1.85 bits per heavy atom. The molecule has 148 valence electrons. The Balaban J connectivity index is 2.00. The number of nitrogens with one attached hydrogen (secondary N) is 1. The Morgan fingerprint density at radius 1 is 1.19 bits per heavy atom. The van der Waals surface area contributed by atoms with Crippen molar-refractivity contribution in [2.75, 3.05) is 26.1 Å². The molecule has 1 N–H and O–H groups in total. The van der Waals surface area contributed by atoms with Crippen LogP contribution in [0.5, 0.6) is 5.75 Å². The average molecular weight is 371 g/mol. The van der Waals surface area contributed by atoms with Crippen molar-refractivity contribution in [1.29, 1.82) is 0 Å². The molecule has 0 atom stereocenters. The monoisotopic (exact) mass is 370 g/mol. The zero-order valence-corrected chi connectivity index (χ0v) is 17.5. The van der Waals surface area contributed by atoms with Crippen molar-refractivity contribution in [1.82, 2.24) is 5.32 Å². The summed E-state index contributed by atoms with van der Waals surface area (Å²) >= 11 is 0. The summed E-state index contributed by atoms with van der Waals surface area (Å²) in [5.41, 5.74) is 4.27. The summed E-state index contributed by atoms with van der Waals surface area (Å²) < 4.78 is 5.62. The van der Waals surface area contributed by atoms with Crippen LogP contribution in [-0.4, -0.2) is 32.5 Å².